The first-order chi connectivity index (χ1) is 8.45. The van der Waals surface area contributed by atoms with Gasteiger partial charge in [-0.25, -0.2) is 9.97 Å². The first kappa shape index (κ1) is 14.9. The maximum atomic E-state index is 11.3. The predicted molar refractivity (Wildman–Crippen MR) is 77.3 cm³/mol. The van der Waals surface area contributed by atoms with Crippen molar-refractivity contribution in [3.05, 3.63) is 11.4 Å². The molecule has 0 spiro atoms. The third-order valence-electron chi connectivity index (χ3n) is 2.66. The summed E-state index contributed by atoms with van der Waals surface area (Å²) >= 11 is 0. The highest BCUT2D eigenvalue weighted by molar-refractivity contribution is 7.84. The van der Waals surface area contributed by atoms with Crippen LogP contribution in [-0.2, 0) is 10.8 Å². The molecule has 1 aromatic heterocycles. The Kier molecular flexibility index (Phi) is 5.53. The zero-order chi connectivity index (χ0) is 13.7. The van der Waals surface area contributed by atoms with Crippen molar-refractivity contribution in [1.29, 1.82) is 0 Å². The van der Waals surface area contributed by atoms with Crippen molar-refractivity contribution in [3.63, 3.8) is 0 Å². The average molecular weight is 270 g/mol. The number of nitrogen functional groups attached to an aromatic ring is 1. The number of rotatable bonds is 6. The topological polar surface area (TPSA) is 80.9 Å². The molecule has 0 amide bonds. The summed E-state index contributed by atoms with van der Waals surface area (Å²) in [6, 6.07) is 0. The highest BCUT2D eigenvalue weighted by Gasteiger charge is 2.10. The minimum atomic E-state index is -0.764. The van der Waals surface area contributed by atoms with Gasteiger partial charge in [-0.15, -0.1) is 0 Å². The van der Waals surface area contributed by atoms with Crippen molar-refractivity contribution in [2.75, 3.05) is 29.1 Å². The first-order valence-corrected chi connectivity index (χ1v) is 7.67. The SMILES string of the molecule is CCS(=O)CCNc1nc(C(C)C)nc(N)c1C. The van der Waals surface area contributed by atoms with E-state index in [1.807, 2.05) is 27.7 Å². The summed E-state index contributed by atoms with van der Waals surface area (Å²) in [6.45, 7) is 8.49. The third-order valence-corrected chi connectivity index (χ3v) is 3.96. The van der Waals surface area contributed by atoms with Gasteiger partial charge < -0.3 is 11.1 Å². The molecule has 0 saturated heterocycles. The van der Waals surface area contributed by atoms with Gasteiger partial charge >= 0.3 is 0 Å². The average Bonchev–Trinajstić information content (AvgIpc) is 2.33. The van der Waals surface area contributed by atoms with E-state index < -0.39 is 10.8 Å². The number of nitrogens with two attached hydrogens (primary N) is 1. The number of aromatic nitrogens is 2. The van der Waals surface area contributed by atoms with E-state index >= 15 is 0 Å². The summed E-state index contributed by atoms with van der Waals surface area (Å²) in [5.41, 5.74) is 6.71. The van der Waals surface area contributed by atoms with Crippen LogP contribution in [0.5, 0.6) is 0 Å². The molecule has 6 heteroatoms. The molecule has 1 atom stereocenters. The van der Waals surface area contributed by atoms with Crippen LogP contribution >= 0.6 is 0 Å². The molecule has 0 saturated carbocycles. The Bertz CT molecular complexity index is 434. The van der Waals surface area contributed by atoms with E-state index in [-0.39, 0.29) is 5.92 Å². The van der Waals surface area contributed by atoms with E-state index in [4.69, 9.17) is 5.73 Å². The van der Waals surface area contributed by atoms with Gasteiger partial charge in [-0.1, -0.05) is 20.8 Å². The Balaban J connectivity index is 2.78. The molecule has 0 aromatic carbocycles. The smallest absolute Gasteiger partial charge is 0.135 e. The summed E-state index contributed by atoms with van der Waals surface area (Å²) in [4.78, 5) is 8.71. The molecule has 1 heterocycles. The van der Waals surface area contributed by atoms with Gasteiger partial charge in [0.25, 0.3) is 0 Å². The maximum Gasteiger partial charge on any atom is 0.135 e. The van der Waals surface area contributed by atoms with E-state index in [0.717, 1.165) is 17.2 Å². The van der Waals surface area contributed by atoms with Gasteiger partial charge in [0.15, 0.2) is 0 Å². The molecular weight excluding hydrogens is 248 g/mol. The molecule has 0 aliphatic carbocycles. The van der Waals surface area contributed by atoms with Crippen LogP contribution in [0.2, 0.25) is 0 Å². The molecule has 1 unspecified atom stereocenters. The second-order valence-corrected chi connectivity index (χ2v) is 6.32. The highest BCUT2D eigenvalue weighted by Crippen LogP contribution is 2.20. The van der Waals surface area contributed by atoms with Gasteiger partial charge in [-0.05, 0) is 6.92 Å². The predicted octanol–water partition coefficient (Wildman–Crippen LogP) is 1.67. The second-order valence-electron chi connectivity index (χ2n) is 4.45. The zero-order valence-electron chi connectivity index (χ0n) is 11.5. The van der Waals surface area contributed by atoms with Crippen LogP contribution in [0, 0.1) is 6.92 Å². The van der Waals surface area contributed by atoms with E-state index in [1.165, 1.54) is 0 Å². The molecule has 0 radical (unpaired) electrons. The molecule has 0 aliphatic heterocycles. The van der Waals surface area contributed by atoms with Crippen LogP contribution in [0.1, 0.15) is 38.1 Å². The lowest BCUT2D eigenvalue weighted by atomic mass is 10.2. The van der Waals surface area contributed by atoms with Crippen molar-refractivity contribution in [3.8, 4) is 0 Å². The number of nitrogens with zero attached hydrogens (tertiary/aromatic N) is 2. The van der Waals surface area contributed by atoms with E-state index in [0.29, 0.717) is 23.9 Å². The lowest BCUT2D eigenvalue weighted by molar-refractivity contribution is 0.684. The number of hydrogen-bond donors (Lipinski definition) is 2. The zero-order valence-corrected chi connectivity index (χ0v) is 12.3. The van der Waals surface area contributed by atoms with Gasteiger partial charge in [0.05, 0.1) is 0 Å². The largest absolute Gasteiger partial charge is 0.383 e. The van der Waals surface area contributed by atoms with Crippen molar-refractivity contribution in [2.24, 2.45) is 0 Å². The quantitative estimate of drug-likeness (QED) is 0.822. The molecule has 0 fully saturated rings. The maximum absolute atomic E-state index is 11.3. The van der Waals surface area contributed by atoms with Gasteiger partial charge in [0.1, 0.15) is 17.5 Å². The molecule has 0 aliphatic rings. The molecule has 3 N–H and O–H groups in total. The summed E-state index contributed by atoms with van der Waals surface area (Å²) in [7, 11) is -0.764. The van der Waals surface area contributed by atoms with Gasteiger partial charge in [0, 0.05) is 40.3 Å². The summed E-state index contributed by atoms with van der Waals surface area (Å²) in [5.74, 6) is 3.53. The number of hydrogen-bond acceptors (Lipinski definition) is 5. The fraction of sp³-hybridized carbons (Fsp3) is 0.667. The fourth-order valence-corrected chi connectivity index (χ4v) is 2.03. The second kappa shape index (κ2) is 6.68. The van der Waals surface area contributed by atoms with Crippen LogP contribution < -0.4 is 11.1 Å². The van der Waals surface area contributed by atoms with Crippen LogP contribution in [0.4, 0.5) is 11.6 Å². The molecule has 1 rings (SSSR count). The van der Waals surface area contributed by atoms with Gasteiger partial charge in [-0.3, -0.25) is 4.21 Å². The van der Waals surface area contributed by atoms with E-state index in [1.54, 1.807) is 0 Å². The van der Waals surface area contributed by atoms with Crippen LogP contribution in [0.15, 0.2) is 0 Å². The number of anilines is 2. The minimum absolute atomic E-state index is 0.234. The van der Waals surface area contributed by atoms with Gasteiger partial charge in [0.2, 0.25) is 0 Å². The Morgan fingerprint density at radius 3 is 2.61 bits per heavy atom. The minimum Gasteiger partial charge on any atom is -0.383 e. The fourth-order valence-electron chi connectivity index (χ4n) is 1.41. The van der Waals surface area contributed by atoms with Crippen molar-refractivity contribution >= 4 is 22.4 Å². The Morgan fingerprint density at radius 2 is 2.06 bits per heavy atom. The highest BCUT2D eigenvalue weighted by atomic mass is 32.2. The van der Waals surface area contributed by atoms with Crippen molar-refractivity contribution in [1.82, 2.24) is 9.97 Å². The first-order valence-electron chi connectivity index (χ1n) is 6.18. The Morgan fingerprint density at radius 1 is 1.39 bits per heavy atom. The lowest BCUT2D eigenvalue weighted by Crippen LogP contribution is -2.15. The van der Waals surface area contributed by atoms with Crippen molar-refractivity contribution in [2.45, 2.75) is 33.6 Å². The van der Waals surface area contributed by atoms with Crippen LogP contribution in [0.25, 0.3) is 0 Å². The monoisotopic (exact) mass is 270 g/mol. The third kappa shape index (κ3) is 3.94. The Hall–Kier alpha value is -1.17. The summed E-state index contributed by atoms with van der Waals surface area (Å²) in [5, 5.41) is 3.19. The van der Waals surface area contributed by atoms with Crippen molar-refractivity contribution < 1.29 is 4.21 Å². The molecule has 1 aromatic rings. The molecule has 0 bridgehead atoms. The lowest BCUT2D eigenvalue weighted by Gasteiger charge is -2.13. The summed E-state index contributed by atoms with van der Waals surface area (Å²) in [6.07, 6.45) is 0. The molecule has 102 valence electrons. The van der Waals surface area contributed by atoms with E-state index in [9.17, 15) is 4.21 Å². The van der Waals surface area contributed by atoms with E-state index in [2.05, 4.69) is 15.3 Å². The molecule has 5 nitrogen and oxygen atoms in total. The molecular formula is C12H22N4OS. The summed E-state index contributed by atoms with van der Waals surface area (Å²) < 4.78 is 11.3. The normalized spacial score (nSPS) is 12.7. The molecule has 18 heavy (non-hydrogen) atoms. The van der Waals surface area contributed by atoms with Crippen LogP contribution in [0.3, 0.4) is 0 Å². The number of nitrogens with one attached hydrogen (secondary N) is 1. The van der Waals surface area contributed by atoms with Gasteiger partial charge in [-0.2, -0.15) is 0 Å². The Labute approximate surface area is 111 Å². The van der Waals surface area contributed by atoms with Crippen LogP contribution in [-0.4, -0.2) is 32.2 Å². The standard InChI is InChI=1S/C12H22N4OS/c1-5-18(17)7-6-14-12-9(4)10(13)15-11(16-12)8(2)3/h8H,5-7H2,1-4H3,(H3,13,14,15,16).